The van der Waals surface area contributed by atoms with Gasteiger partial charge >= 0.3 is 0 Å². The highest BCUT2D eigenvalue weighted by Crippen LogP contribution is 2.36. The molecule has 0 saturated heterocycles. The number of pyridine rings is 1. The highest BCUT2D eigenvalue weighted by molar-refractivity contribution is 5.43. The summed E-state index contributed by atoms with van der Waals surface area (Å²) in [7, 11) is 1.72. The van der Waals surface area contributed by atoms with Crippen LogP contribution in [0, 0.1) is 5.92 Å². The van der Waals surface area contributed by atoms with Gasteiger partial charge in [0.1, 0.15) is 5.82 Å². The second kappa shape index (κ2) is 6.35. The van der Waals surface area contributed by atoms with E-state index in [9.17, 15) is 5.11 Å². The van der Waals surface area contributed by atoms with Gasteiger partial charge in [-0.2, -0.15) is 0 Å². The van der Waals surface area contributed by atoms with Crippen LogP contribution in [0.15, 0.2) is 18.3 Å². The van der Waals surface area contributed by atoms with Gasteiger partial charge in [-0.05, 0) is 50.3 Å². The Kier molecular flexibility index (Phi) is 4.77. The minimum Gasteiger partial charge on any atom is -0.389 e. The molecule has 0 radical (unpaired) electrons. The van der Waals surface area contributed by atoms with Gasteiger partial charge in [0.25, 0.3) is 0 Å². The molecule has 1 aromatic rings. The molecule has 1 heterocycles. The topological polar surface area (TPSA) is 45.6 Å². The molecule has 1 saturated carbocycles. The van der Waals surface area contributed by atoms with E-state index in [0.717, 1.165) is 23.8 Å². The molecule has 19 heavy (non-hydrogen) atoms. The van der Waals surface area contributed by atoms with Crippen molar-refractivity contribution >= 4 is 5.82 Å². The van der Waals surface area contributed by atoms with Crippen LogP contribution in [-0.2, 0) is 4.74 Å². The number of hydrogen-bond donors (Lipinski definition) is 1. The first-order chi connectivity index (χ1) is 9.13. The van der Waals surface area contributed by atoms with Crippen molar-refractivity contribution in [2.45, 2.75) is 38.8 Å². The number of hydrogen-bond acceptors (Lipinski definition) is 4. The lowest BCUT2D eigenvalue weighted by Crippen LogP contribution is -2.38. The van der Waals surface area contributed by atoms with Crippen LogP contribution in [0.3, 0.4) is 0 Å². The van der Waals surface area contributed by atoms with E-state index in [2.05, 4.69) is 16.8 Å². The number of aromatic nitrogens is 1. The summed E-state index contributed by atoms with van der Waals surface area (Å²) in [6.45, 7) is 5.56. The molecule has 4 nitrogen and oxygen atoms in total. The lowest BCUT2D eigenvalue weighted by molar-refractivity contribution is 0.198. The largest absolute Gasteiger partial charge is 0.389 e. The maximum atomic E-state index is 9.70. The molecule has 2 rings (SSSR count). The molecule has 1 aliphatic carbocycles. The number of ether oxygens (including phenoxy) is 1. The number of anilines is 1. The van der Waals surface area contributed by atoms with Crippen molar-refractivity contribution < 1.29 is 9.84 Å². The molecule has 4 heteroatoms. The molecule has 1 aliphatic rings. The Labute approximate surface area is 115 Å². The lowest BCUT2D eigenvalue weighted by Gasteiger charge is -2.30. The van der Waals surface area contributed by atoms with Crippen LogP contribution in [0.4, 0.5) is 5.82 Å². The normalized spacial score (nSPS) is 18.1. The molecule has 0 spiro atoms. The lowest BCUT2D eigenvalue weighted by atomic mass is 10.1. The van der Waals surface area contributed by atoms with Crippen molar-refractivity contribution in [2.24, 2.45) is 5.92 Å². The quantitative estimate of drug-likeness (QED) is 0.821. The van der Waals surface area contributed by atoms with Crippen molar-refractivity contribution in [3.63, 3.8) is 0 Å². The number of aliphatic hydroxyl groups excluding tert-OH is 1. The second-order valence-corrected chi connectivity index (χ2v) is 5.39. The predicted octanol–water partition coefficient (Wildman–Crippen LogP) is 2.39. The van der Waals surface area contributed by atoms with Crippen LogP contribution in [0.5, 0.6) is 0 Å². The molecule has 0 amide bonds. The summed E-state index contributed by atoms with van der Waals surface area (Å²) >= 11 is 0. The molecule has 0 bridgehead atoms. The maximum Gasteiger partial charge on any atom is 0.129 e. The Morgan fingerprint density at radius 2 is 2.21 bits per heavy atom. The van der Waals surface area contributed by atoms with E-state index in [1.54, 1.807) is 20.2 Å². The Hall–Kier alpha value is -1.13. The molecular weight excluding hydrogens is 240 g/mol. The molecule has 0 aliphatic heterocycles. The molecule has 1 unspecified atom stereocenters. The number of methoxy groups -OCH3 is 1. The first-order valence-electron chi connectivity index (χ1n) is 7.03. The molecule has 106 valence electrons. The van der Waals surface area contributed by atoms with Gasteiger partial charge in [-0.15, -0.1) is 0 Å². The minimum atomic E-state index is -0.456. The highest BCUT2D eigenvalue weighted by Gasteiger charge is 2.32. The first-order valence-corrected chi connectivity index (χ1v) is 7.03. The van der Waals surface area contributed by atoms with Crippen LogP contribution in [0.2, 0.25) is 0 Å². The Bertz CT molecular complexity index is 405. The van der Waals surface area contributed by atoms with Gasteiger partial charge in [0.2, 0.25) is 0 Å². The highest BCUT2D eigenvalue weighted by atomic mass is 16.5. The maximum absolute atomic E-state index is 9.70. The zero-order chi connectivity index (χ0) is 13.8. The zero-order valence-corrected chi connectivity index (χ0v) is 12.0. The molecule has 1 N–H and O–H groups in total. The summed E-state index contributed by atoms with van der Waals surface area (Å²) < 4.78 is 5.20. The molecule has 0 aromatic carbocycles. The minimum absolute atomic E-state index is 0.456. The number of nitrogens with zero attached hydrogens (tertiary/aromatic N) is 2. The van der Waals surface area contributed by atoms with E-state index in [1.807, 2.05) is 12.1 Å². The smallest absolute Gasteiger partial charge is 0.129 e. The van der Waals surface area contributed by atoms with Gasteiger partial charge in [0, 0.05) is 25.9 Å². The van der Waals surface area contributed by atoms with Crippen LogP contribution < -0.4 is 4.90 Å². The van der Waals surface area contributed by atoms with Crippen LogP contribution in [0.25, 0.3) is 0 Å². The van der Waals surface area contributed by atoms with E-state index in [0.29, 0.717) is 12.6 Å². The molecule has 1 aromatic heterocycles. The van der Waals surface area contributed by atoms with Gasteiger partial charge in [-0.25, -0.2) is 4.98 Å². The third kappa shape index (κ3) is 3.67. The van der Waals surface area contributed by atoms with E-state index in [1.165, 1.54) is 12.8 Å². The predicted molar refractivity (Wildman–Crippen MR) is 76.3 cm³/mol. The van der Waals surface area contributed by atoms with Gasteiger partial charge in [-0.1, -0.05) is 0 Å². The van der Waals surface area contributed by atoms with Gasteiger partial charge in [0.05, 0.1) is 12.7 Å². The summed E-state index contributed by atoms with van der Waals surface area (Å²) in [4.78, 5) is 6.76. The van der Waals surface area contributed by atoms with Crippen LogP contribution >= 0.6 is 0 Å². The van der Waals surface area contributed by atoms with Gasteiger partial charge < -0.3 is 14.7 Å². The average Bonchev–Trinajstić information content (AvgIpc) is 3.23. The summed E-state index contributed by atoms with van der Waals surface area (Å²) in [5.74, 6) is 1.71. The average molecular weight is 264 g/mol. The van der Waals surface area contributed by atoms with Gasteiger partial charge in [-0.3, -0.25) is 0 Å². The Balaban J connectivity index is 2.18. The van der Waals surface area contributed by atoms with Crippen molar-refractivity contribution in [3.8, 4) is 0 Å². The SMILES string of the molecule is COCCN(c1cc([C@@H](C)O)ccn1)C(C)C1CC1. The van der Waals surface area contributed by atoms with Crippen molar-refractivity contribution in [2.75, 3.05) is 25.2 Å². The van der Waals surface area contributed by atoms with Crippen molar-refractivity contribution in [1.29, 1.82) is 0 Å². The van der Waals surface area contributed by atoms with E-state index in [4.69, 9.17) is 4.74 Å². The third-order valence-corrected chi connectivity index (χ3v) is 3.88. The molecule has 2 atom stereocenters. The molecular formula is C15H24N2O2. The summed E-state index contributed by atoms with van der Waals surface area (Å²) in [5.41, 5.74) is 0.912. The standard InChI is InChI=1S/C15H24N2O2/c1-11(13-4-5-13)17(8-9-19-3)15-10-14(12(2)18)6-7-16-15/h6-7,10-13,18H,4-5,8-9H2,1-3H3/t11?,12-/m1/s1. The number of rotatable bonds is 7. The summed E-state index contributed by atoms with van der Waals surface area (Å²) in [5, 5.41) is 9.70. The fourth-order valence-corrected chi connectivity index (χ4v) is 2.40. The van der Waals surface area contributed by atoms with E-state index >= 15 is 0 Å². The summed E-state index contributed by atoms with van der Waals surface area (Å²) in [6, 6.07) is 4.33. The number of aliphatic hydroxyl groups is 1. The fourth-order valence-electron chi connectivity index (χ4n) is 2.40. The first kappa shape index (κ1) is 14.3. The van der Waals surface area contributed by atoms with Crippen LogP contribution in [-0.4, -0.2) is 36.4 Å². The molecule has 1 fully saturated rings. The van der Waals surface area contributed by atoms with Gasteiger partial charge in [0.15, 0.2) is 0 Å². The summed E-state index contributed by atoms with van der Waals surface area (Å²) in [6.07, 6.45) is 3.93. The second-order valence-electron chi connectivity index (χ2n) is 5.39. The zero-order valence-electron chi connectivity index (χ0n) is 12.0. The van der Waals surface area contributed by atoms with Crippen LogP contribution in [0.1, 0.15) is 38.4 Å². The Morgan fingerprint density at radius 3 is 2.79 bits per heavy atom. The van der Waals surface area contributed by atoms with E-state index in [-0.39, 0.29) is 0 Å². The van der Waals surface area contributed by atoms with Crippen molar-refractivity contribution in [1.82, 2.24) is 4.98 Å². The Morgan fingerprint density at radius 1 is 1.47 bits per heavy atom. The fraction of sp³-hybridized carbons (Fsp3) is 0.667. The van der Waals surface area contributed by atoms with Crippen molar-refractivity contribution in [3.05, 3.63) is 23.9 Å². The van der Waals surface area contributed by atoms with E-state index < -0.39 is 6.10 Å². The third-order valence-electron chi connectivity index (χ3n) is 3.88. The monoisotopic (exact) mass is 264 g/mol.